The molecule has 0 atom stereocenters. The van der Waals surface area contributed by atoms with Crippen LogP contribution in [0.3, 0.4) is 0 Å². The van der Waals surface area contributed by atoms with Gasteiger partial charge < -0.3 is 9.84 Å². The lowest BCUT2D eigenvalue weighted by atomic mass is 10.1. The summed E-state index contributed by atoms with van der Waals surface area (Å²) in [5, 5.41) is 17.2. The second kappa shape index (κ2) is 6.56. The number of hydrogen-bond acceptors (Lipinski definition) is 5. The number of aromatic hydroxyl groups is 1. The van der Waals surface area contributed by atoms with Crippen LogP contribution in [0.2, 0.25) is 5.02 Å². The van der Waals surface area contributed by atoms with E-state index in [1.807, 2.05) is 0 Å². The average Bonchev–Trinajstić information content (AvgIpc) is 2.90. The zero-order valence-corrected chi connectivity index (χ0v) is 14.2. The first-order valence-corrected chi connectivity index (χ1v) is 7.65. The van der Waals surface area contributed by atoms with Crippen molar-refractivity contribution in [3.63, 3.8) is 0 Å². The standard InChI is InChI=1S/C16H14ClFN4O3/c1-9-6-15(11(17)7-14(9)23)25-8-10-12(18)4-3-5-13(10)22-16(24)21(2)19-20-22/h3-7,23H,8H2,1-2H3. The Morgan fingerprint density at radius 3 is 2.76 bits per heavy atom. The molecule has 3 aromatic rings. The molecule has 3 rings (SSSR count). The van der Waals surface area contributed by atoms with Gasteiger partial charge in [0.05, 0.1) is 16.3 Å². The Hall–Kier alpha value is -2.87. The molecule has 7 nitrogen and oxygen atoms in total. The van der Waals surface area contributed by atoms with Crippen LogP contribution in [-0.4, -0.2) is 24.9 Å². The van der Waals surface area contributed by atoms with Crippen molar-refractivity contribution in [2.24, 2.45) is 7.05 Å². The summed E-state index contributed by atoms with van der Waals surface area (Å²) in [5.41, 5.74) is 0.417. The number of aryl methyl sites for hydroxylation is 2. The first-order valence-electron chi connectivity index (χ1n) is 7.27. The summed E-state index contributed by atoms with van der Waals surface area (Å²) in [5.74, 6) is -0.227. The van der Waals surface area contributed by atoms with Crippen LogP contribution >= 0.6 is 11.6 Å². The Bertz CT molecular complexity index is 1000. The van der Waals surface area contributed by atoms with Gasteiger partial charge in [-0.25, -0.2) is 9.18 Å². The van der Waals surface area contributed by atoms with Gasteiger partial charge in [0.1, 0.15) is 23.9 Å². The molecule has 0 aliphatic carbocycles. The summed E-state index contributed by atoms with van der Waals surface area (Å²) in [7, 11) is 1.44. The molecule has 0 radical (unpaired) electrons. The van der Waals surface area contributed by atoms with Crippen LogP contribution in [0.1, 0.15) is 11.1 Å². The third-order valence-electron chi connectivity index (χ3n) is 3.67. The second-order valence-electron chi connectivity index (χ2n) is 5.39. The second-order valence-corrected chi connectivity index (χ2v) is 5.80. The van der Waals surface area contributed by atoms with Gasteiger partial charge in [-0.15, -0.1) is 0 Å². The van der Waals surface area contributed by atoms with Gasteiger partial charge in [0.25, 0.3) is 0 Å². The first-order chi connectivity index (χ1) is 11.9. The lowest BCUT2D eigenvalue weighted by Crippen LogP contribution is -2.23. The van der Waals surface area contributed by atoms with Gasteiger partial charge in [0, 0.05) is 13.1 Å². The monoisotopic (exact) mass is 364 g/mol. The third kappa shape index (κ3) is 3.20. The number of benzene rings is 2. The molecular formula is C16H14ClFN4O3. The molecule has 1 N–H and O–H groups in total. The number of ether oxygens (including phenoxy) is 1. The highest BCUT2D eigenvalue weighted by atomic mass is 35.5. The number of tetrazole rings is 1. The van der Waals surface area contributed by atoms with Crippen LogP contribution in [-0.2, 0) is 13.7 Å². The van der Waals surface area contributed by atoms with Crippen LogP contribution in [0.5, 0.6) is 11.5 Å². The van der Waals surface area contributed by atoms with Crippen molar-refractivity contribution in [2.75, 3.05) is 0 Å². The molecule has 0 fully saturated rings. The topological polar surface area (TPSA) is 82.2 Å². The van der Waals surface area contributed by atoms with Crippen molar-refractivity contribution >= 4 is 11.6 Å². The fourth-order valence-electron chi connectivity index (χ4n) is 2.26. The molecular weight excluding hydrogens is 351 g/mol. The molecule has 0 unspecified atom stereocenters. The average molecular weight is 365 g/mol. The molecule has 25 heavy (non-hydrogen) atoms. The van der Waals surface area contributed by atoms with E-state index < -0.39 is 11.5 Å². The van der Waals surface area contributed by atoms with Crippen LogP contribution in [0.25, 0.3) is 5.69 Å². The quantitative estimate of drug-likeness (QED) is 0.768. The van der Waals surface area contributed by atoms with Crippen LogP contribution < -0.4 is 10.4 Å². The number of rotatable bonds is 4. The fourth-order valence-corrected chi connectivity index (χ4v) is 2.47. The van der Waals surface area contributed by atoms with Crippen molar-refractivity contribution in [1.82, 2.24) is 19.8 Å². The Labute approximate surface area is 146 Å². The summed E-state index contributed by atoms with van der Waals surface area (Å²) in [6.07, 6.45) is 0. The number of aromatic nitrogens is 4. The lowest BCUT2D eigenvalue weighted by molar-refractivity contribution is 0.298. The molecule has 0 saturated heterocycles. The van der Waals surface area contributed by atoms with Crippen LogP contribution in [0.4, 0.5) is 4.39 Å². The van der Waals surface area contributed by atoms with Crippen molar-refractivity contribution in [3.8, 4) is 17.2 Å². The lowest BCUT2D eigenvalue weighted by Gasteiger charge is -2.13. The predicted molar refractivity (Wildman–Crippen MR) is 88.7 cm³/mol. The zero-order valence-electron chi connectivity index (χ0n) is 13.4. The van der Waals surface area contributed by atoms with E-state index >= 15 is 0 Å². The van der Waals surface area contributed by atoms with Gasteiger partial charge in [0.2, 0.25) is 0 Å². The van der Waals surface area contributed by atoms with Crippen molar-refractivity contribution in [1.29, 1.82) is 0 Å². The smallest absolute Gasteiger partial charge is 0.368 e. The maximum absolute atomic E-state index is 14.3. The van der Waals surface area contributed by atoms with Gasteiger partial charge in [0.15, 0.2) is 0 Å². The van der Waals surface area contributed by atoms with E-state index in [-0.39, 0.29) is 34.4 Å². The van der Waals surface area contributed by atoms with E-state index in [0.29, 0.717) is 5.56 Å². The molecule has 0 aliphatic rings. The molecule has 9 heteroatoms. The Balaban J connectivity index is 1.97. The highest BCUT2D eigenvalue weighted by Crippen LogP contribution is 2.32. The van der Waals surface area contributed by atoms with E-state index in [1.54, 1.807) is 19.1 Å². The molecule has 0 saturated carbocycles. The number of phenols is 1. The van der Waals surface area contributed by atoms with Crippen molar-refractivity contribution in [2.45, 2.75) is 13.5 Å². The summed E-state index contributed by atoms with van der Waals surface area (Å²) in [4.78, 5) is 12.0. The molecule has 0 spiro atoms. The molecule has 2 aromatic carbocycles. The maximum atomic E-state index is 14.3. The van der Waals surface area contributed by atoms with E-state index in [0.717, 1.165) is 9.36 Å². The summed E-state index contributed by atoms with van der Waals surface area (Å²) >= 11 is 6.03. The van der Waals surface area contributed by atoms with Crippen molar-refractivity contribution in [3.05, 3.63) is 62.8 Å². The van der Waals surface area contributed by atoms with Gasteiger partial charge in [-0.2, -0.15) is 9.36 Å². The van der Waals surface area contributed by atoms with Gasteiger partial charge >= 0.3 is 5.69 Å². The molecule has 130 valence electrons. The fraction of sp³-hybridized carbons (Fsp3) is 0.188. The van der Waals surface area contributed by atoms with Gasteiger partial charge in [-0.05, 0) is 41.1 Å². The first kappa shape index (κ1) is 17.0. The third-order valence-corrected chi connectivity index (χ3v) is 3.96. The normalized spacial score (nSPS) is 10.9. The Morgan fingerprint density at radius 1 is 1.32 bits per heavy atom. The Kier molecular flexibility index (Phi) is 4.45. The number of phenolic OH excluding ortho intramolecular Hbond substituents is 1. The minimum absolute atomic E-state index is 0.0371. The minimum atomic E-state index is -0.554. The molecule has 1 aromatic heterocycles. The summed E-state index contributed by atoms with van der Waals surface area (Å²) in [6.45, 7) is 1.50. The van der Waals surface area contributed by atoms with E-state index in [9.17, 15) is 14.3 Å². The molecule has 1 heterocycles. The molecule has 0 aliphatic heterocycles. The molecule has 0 bridgehead atoms. The highest BCUT2D eigenvalue weighted by molar-refractivity contribution is 6.32. The number of nitrogens with zero attached hydrogens (tertiary/aromatic N) is 4. The van der Waals surface area contributed by atoms with E-state index in [2.05, 4.69) is 10.4 Å². The van der Waals surface area contributed by atoms with E-state index in [4.69, 9.17) is 16.3 Å². The van der Waals surface area contributed by atoms with Crippen LogP contribution in [0, 0.1) is 12.7 Å². The minimum Gasteiger partial charge on any atom is -0.508 e. The SMILES string of the molecule is Cc1cc(OCc2c(F)cccc2-n2nnn(C)c2=O)c(Cl)cc1O. The maximum Gasteiger partial charge on any atom is 0.368 e. The Morgan fingerprint density at radius 2 is 2.08 bits per heavy atom. The summed E-state index contributed by atoms with van der Waals surface area (Å²) < 4.78 is 21.9. The van der Waals surface area contributed by atoms with Crippen LogP contribution in [0.15, 0.2) is 35.1 Å². The molecule has 0 amide bonds. The van der Waals surface area contributed by atoms with Gasteiger partial charge in [-0.3, -0.25) is 0 Å². The highest BCUT2D eigenvalue weighted by Gasteiger charge is 2.16. The predicted octanol–water partition coefficient (Wildman–Crippen LogP) is 2.35. The van der Waals surface area contributed by atoms with E-state index in [1.165, 1.54) is 25.2 Å². The van der Waals surface area contributed by atoms with Gasteiger partial charge in [-0.1, -0.05) is 17.7 Å². The largest absolute Gasteiger partial charge is 0.508 e. The zero-order chi connectivity index (χ0) is 18.1. The van der Waals surface area contributed by atoms with Crippen molar-refractivity contribution < 1.29 is 14.2 Å². The number of hydrogen-bond donors (Lipinski definition) is 1. The summed E-state index contributed by atoms with van der Waals surface area (Å²) in [6, 6.07) is 7.16. The number of halogens is 2.